The molecule has 0 unspecified atom stereocenters. The van der Waals surface area contributed by atoms with Crippen molar-refractivity contribution in [3.05, 3.63) is 29.8 Å². The number of hydrogen-bond donors (Lipinski definition) is 2. The topological polar surface area (TPSA) is 52.6 Å². The third-order valence-electron chi connectivity index (χ3n) is 2.34. The first kappa shape index (κ1) is 13.7. The quantitative estimate of drug-likeness (QED) is 0.813. The minimum atomic E-state index is -0.354. The van der Waals surface area contributed by atoms with E-state index in [1.54, 1.807) is 6.92 Å². The molecule has 4 nitrogen and oxygen atoms in total. The van der Waals surface area contributed by atoms with Crippen LogP contribution in [0.5, 0.6) is 0 Å². The van der Waals surface area contributed by atoms with Crippen molar-refractivity contribution in [1.82, 2.24) is 4.90 Å². The monoisotopic (exact) mass is 236 g/mol. The first-order valence-corrected chi connectivity index (χ1v) is 5.71. The van der Waals surface area contributed by atoms with Crippen LogP contribution >= 0.6 is 0 Å². The van der Waals surface area contributed by atoms with Crippen molar-refractivity contribution in [1.29, 1.82) is 0 Å². The number of nitrogens with one attached hydrogen (secondary N) is 1. The first-order valence-electron chi connectivity index (χ1n) is 5.71. The zero-order chi connectivity index (χ0) is 12.8. The van der Waals surface area contributed by atoms with Crippen LogP contribution in [0.4, 0.5) is 5.69 Å². The molecule has 1 aromatic carbocycles. The van der Waals surface area contributed by atoms with Gasteiger partial charge in [0.15, 0.2) is 0 Å². The van der Waals surface area contributed by atoms with E-state index in [1.807, 2.05) is 36.2 Å². The molecule has 0 fully saturated rings. The van der Waals surface area contributed by atoms with Crippen molar-refractivity contribution in [2.24, 2.45) is 0 Å². The van der Waals surface area contributed by atoms with Gasteiger partial charge in [0, 0.05) is 25.7 Å². The normalized spacial score (nSPS) is 12.5. The van der Waals surface area contributed by atoms with Gasteiger partial charge < -0.3 is 10.4 Å². The lowest BCUT2D eigenvalue weighted by atomic mass is 10.1. The highest BCUT2D eigenvalue weighted by atomic mass is 16.3. The number of hydrogen-bond acceptors (Lipinski definition) is 3. The molecule has 94 valence electrons. The van der Waals surface area contributed by atoms with E-state index >= 15 is 0 Å². The highest BCUT2D eigenvalue weighted by Crippen LogP contribution is 2.16. The molecule has 1 rings (SSSR count). The average molecular weight is 236 g/mol. The lowest BCUT2D eigenvalue weighted by Crippen LogP contribution is -2.27. The van der Waals surface area contributed by atoms with Gasteiger partial charge in [-0.15, -0.1) is 0 Å². The number of amides is 1. The van der Waals surface area contributed by atoms with Crippen molar-refractivity contribution < 1.29 is 9.90 Å². The Labute approximate surface area is 102 Å². The van der Waals surface area contributed by atoms with E-state index in [4.69, 9.17) is 0 Å². The summed E-state index contributed by atoms with van der Waals surface area (Å²) in [6.07, 6.45) is -0.354. The molecular formula is C13H20N2O2. The summed E-state index contributed by atoms with van der Waals surface area (Å²) in [5, 5.41) is 12.1. The maximum atomic E-state index is 11.1. The van der Waals surface area contributed by atoms with Gasteiger partial charge in [-0.1, -0.05) is 18.2 Å². The van der Waals surface area contributed by atoms with Crippen LogP contribution in [0.15, 0.2) is 24.3 Å². The van der Waals surface area contributed by atoms with E-state index in [9.17, 15) is 9.90 Å². The number of para-hydroxylation sites is 1. The smallest absolute Gasteiger partial charge is 0.221 e. The molecule has 1 aromatic rings. The van der Waals surface area contributed by atoms with Gasteiger partial charge in [-0.3, -0.25) is 9.69 Å². The van der Waals surface area contributed by atoms with Crippen LogP contribution in [-0.2, 0) is 11.3 Å². The minimum absolute atomic E-state index is 0.0735. The molecule has 0 aliphatic carbocycles. The van der Waals surface area contributed by atoms with Crippen molar-refractivity contribution in [3.63, 3.8) is 0 Å². The predicted molar refractivity (Wildman–Crippen MR) is 68.8 cm³/mol. The van der Waals surface area contributed by atoms with E-state index in [-0.39, 0.29) is 12.0 Å². The fourth-order valence-electron chi connectivity index (χ4n) is 1.78. The zero-order valence-corrected chi connectivity index (χ0v) is 10.6. The largest absolute Gasteiger partial charge is 0.392 e. The average Bonchev–Trinajstić information content (AvgIpc) is 2.18. The number of anilines is 1. The standard InChI is InChI=1S/C13H20N2O2/c1-10(16)8-15(3)9-12-6-4-5-7-13(12)14-11(2)17/h4-7,10,16H,8-9H2,1-3H3,(H,14,17)/t10-/m0/s1. The van der Waals surface area contributed by atoms with E-state index < -0.39 is 0 Å². The van der Waals surface area contributed by atoms with Crippen LogP contribution in [0.25, 0.3) is 0 Å². The molecule has 1 amide bonds. The second-order valence-electron chi connectivity index (χ2n) is 4.38. The Balaban J connectivity index is 2.72. The Morgan fingerprint density at radius 2 is 2.12 bits per heavy atom. The molecule has 2 N–H and O–H groups in total. The van der Waals surface area contributed by atoms with E-state index in [0.29, 0.717) is 13.1 Å². The maximum absolute atomic E-state index is 11.1. The van der Waals surface area contributed by atoms with Gasteiger partial charge >= 0.3 is 0 Å². The van der Waals surface area contributed by atoms with Gasteiger partial charge in [0.2, 0.25) is 5.91 Å². The highest BCUT2D eigenvalue weighted by molar-refractivity contribution is 5.89. The Morgan fingerprint density at radius 1 is 1.47 bits per heavy atom. The summed E-state index contributed by atoms with van der Waals surface area (Å²) in [5.41, 5.74) is 1.88. The summed E-state index contributed by atoms with van der Waals surface area (Å²) in [7, 11) is 1.94. The summed E-state index contributed by atoms with van der Waals surface area (Å²) in [4.78, 5) is 13.1. The highest BCUT2D eigenvalue weighted by Gasteiger charge is 2.08. The fraction of sp³-hybridized carbons (Fsp3) is 0.462. The van der Waals surface area contributed by atoms with Crippen LogP contribution in [0.3, 0.4) is 0 Å². The predicted octanol–water partition coefficient (Wildman–Crippen LogP) is 1.46. The molecule has 0 saturated carbocycles. The molecule has 0 aliphatic heterocycles. The molecule has 0 radical (unpaired) electrons. The number of aliphatic hydroxyl groups excluding tert-OH is 1. The summed E-state index contributed by atoms with van der Waals surface area (Å²) in [6.45, 7) is 4.56. The third kappa shape index (κ3) is 4.97. The van der Waals surface area contributed by atoms with Crippen molar-refractivity contribution in [2.75, 3.05) is 18.9 Å². The Bertz CT molecular complexity index is 377. The van der Waals surface area contributed by atoms with E-state index in [1.165, 1.54) is 6.92 Å². The molecule has 0 bridgehead atoms. The molecule has 0 heterocycles. The van der Waals surface area contributed by atoms with Crippen LogP contribution in [0.1, 0.15) is 19.4 Å². The Morgan fingerprint density at radius 3 is 2.71 bits per heavy atom. The zero-order valence-electron chi connectivity index (χ0n) is 10.6. The number of likely N-dealkylation sites (N-methyl/N-ethyl adjacent to an activating group) is 1. The van der Waals surface area contributed by atoms with Gasteiger partial charge in [-0.25, -0.2) is 0 Å². The second kappa shape index (κ2) is 6.37. The number of aliphatic hydroxyl groups is 1. The SMILES string of the molecule is CC(=O)Nc1ccccc1CN(C)C[C@H](C)O. The molecule has 1 atom stereocenters. The van der Waals surface area contributed by atoms with Crippen LogP contribution < -0.4 is 5.32 Å². The van der Waals surface area contributed by atoms with Crippen LogP contribution in [-0.4, -0.2) is 35.6 Å². The molecule has 0 saturated heterocycles. The fourth-order valence-corrected chi connectivity index (χ4v) is 1.78. The number of rotatable bonds is 5. The summed E-state index contributed by atoms with van der Waals surface area (Å²) >= 11 is 0. The number of carbonyl (C=O) groups excluding carboxylic acids is 1. The summed E-state index contributed by atoms with van der Waals surface area (Å²) in [6, 6.07) is 7.69. The lowest BCUT2D eigenvalue weighted by molar-refractivity contribution is -0.114. The maximum Gasteiger partial charge on any atom is 0.221 e. The second-order valence-corrected chi connectivity index (χ2v) is 4.38. The molecule has 0 spiro atoms. The minimum Gasteiger partial charge on any atom is -0.392 e. The Kier molecular flexibility index (Phi) is 5.12. The van der Waals surface area contributed by atoms with Crippen molar-refractivity contribution in [2.45, 2.75) is 26.5 Å². The molecule has 0 aliphatic rings. The molecule has 4 heteroatoms. The van der Waals surface area contributed by atoms with Crippen molar-refractivity contribution >= 4 is 11.6 Å². The summed E-state index contributed by atoms with van der Waals surface area (Å²) < 4.78 is 0. The number of nitrogens with zero attached hydrogens (tertiary/aromatic N) is 1. The number of benzene rings is 1. The van der Waals surface area contributed by atoms with Gasteiger partial charge in [0.1, 0.15) is 0 Å². The Hall–Kier alpha value is -1.39. The van der Waals surface area contributed by atoms with Gasteiger partial charge in [0.05, 0.1) is 6.10 Å². The van der Waals surface area contributed by atoms with E-state index in [2.05, 4.69) is 5.32 Å². The van der Waals surface area contributed by atoms with E-state index in [0.717, 1.165) is 11.3 Å². The van der Waals surface area contributed by atoms with Crippen molar-refractivity contribution in [3.8, 4) is 0 Å². The first-order chi connectivity index (χ1) is 7.99. The third-order valence-corrected chi connectivity index (χ3v) is 2.34. The van der Waals surface area contributed by atoms with Gasteiger partial charge in [-0.2, -0.15) is 0 Å². The molecule has 17 heavy (non-hydrogen) atoms. The molecular weight excluding hydrogens is 216 g/mol. The number of carbonyl (C=O) groups is 1. The molecule has 0 aromatic heterocycles. The van der Waals surface area contributed by atoms with Crippen LogP contribution in [0.2, 0.25) is 0 Å². The van der Waals surface area contributed by atoms with Gasteiger partial charge in [-0.05, 0) is 25.6 Å². The lowest BCUT2D eigenvalue weighted by Gasteiger charge is -2.20. The van der Waals surface area contributed by atoms with Gasteiger partial charge in [0.25, 0.3) is 0 Å². The summed E-state index contributed by atoms with van der Waals surface area (Å²) in [5.74, 6) is -0.0735. The van der Waals surface area contributed by atoms with Crippen LogP contribution in [0, 0.1) is 0 Å².